The second-order valence-electron chi connectivity index (χ2n) is 12.3. The monoisotopic (exact) mass is 600 g/mol. The molecule has 8 heteroatoms. The number of nitrogens with zero attached hydrogens (tertiary/aromatic N) is 3. The normalized spacial score (nSPS) is 16.0. The Kier molecular flexibility index (Phi) is 8.68. The number of hydrogen-bond acceptors (Lipinski definition) is 4. The molecule has 6 rings (SSSR count). The van der Waals surface area contributed by atoms with Crippen LogP contribution in [0.25, 0.3) is 5.69 Å². The lowest BCUT2D eigenvalue weighted by molar-refractivity contribution is 0.245. The van der Waals surface area contributed by atoms with Crippen LogP contribution in [0.1, 0.15) is 72.2 Å². The molecular formula is C35H41FN4O2S. The summed E-state index contributed by atoms with van der Waals surface area (Å²) in [5.41, 5.74) is 7.84. The summed E-state index contributed by atoms with van der Waals surface area (Å²) in [6.45, 7) is 6.68. The lowest BCUT2D eigenvalue weighted by atomic mass is 9.98. The van der Waals surface area contributed by atoms with Crippen molar-refractivity contribution >= 4 is 15.7 Å². The van der Waals surface area contributed by atoms with Gasteiger partial charge in [-0.3, -0.25) is 14.6 Å². The molecule has 0 saturated heterocycles. The molecule has 2 aromatic heterocycles. The van der Waals surface area contributed by atoms with Gasteiger partial charge in [-0.25, -0.2) is 12.8 Å². The van der Waals surface area contributed by atoms with Crippen LogP contribution in [0.15, 0.2) is 71.9 Å². The Labute approximate surface area is 255 Å². The number of benzene rings is 2. The predicted octanol–water partition coefficient (Wildman–Crippen LogP) is 7.50. The Morgan fingerprint density at radius 1 is 0.977 bits per heavy atom. The Balaban J connectivity index is 1.09. The smallest absolute Gasteiger partial charge is 0.261 e. The van der Waals surface area contributed by atoms with E-state index in [1.165, 1.54) is 55.1 Å². The number of nitrogens with one attached hydrogen (secondary N) is 1. The molecule has 0 radical (unpaired) electrons. The fraction of sp³-hybridized carbons (Fsp3) is 0.400. The SMILES string of the molecule is Cc1cc(CN2CCc3cc(S(=O)(=O)Nc4ccc(CCCC5CCCC5)cc4F)ccc3C2)c(C)n1-c1ccncc1. The van der Waals surface area contributed by atoms with Crippen LogP contribution in [-0.2, 0) is 36.0 Å². The summed E-state index contributed by atoms with van der Waals surface area (Å²) in [7, 11) is -3.92. The molecule has 3 heterocycles. The van der Waals surface area contributed by atoms with Crippen LogP contribution < -0.4 is 4.72 Å². The zero-order valence-electron chi connectivity index (χ0n) is 25.2. The number of anilines is 1. The first-order valence-corrected chi connectivity index (χ1v) is 17.0. The fourth-order valence-electron chi connectivity index (χ4n) is 6.91. The van der Waals surface area contributed by atoms with Gasteiger partial charge in [0.25, 0.3) is 10.0 Å². The van der Waals surface area contributed by atoms with Gasteiger partial charge in [-0.05, 0) is 104 Å². The van der Waals surface area contributed by atoms with Crippen molar-refractivity contribution in [2.45, 2.75) is 83.2 Å². The summed E-state index contributed by atoms with van der Waals surface area (Å²) in [5.74, 6) is 0.286. The Morgan fingerprint density at radius 3 is 2.53 bits per heavy atom. The van der Waals surface area contributed by atoms with Crippen LogP contribution in [-0.4, -0.2) is 29.4 Å². The molecular weight excluding hydrogens is 559 g/mol. The van der Waals surface area contributed by atoms with Crippen molar-refractivity contribution in [3.8, 4) is 5.69 Å². The summed E-state index contributed by atoms with van der Waals surface area (Å²) in [5, 5.41) is 0. The highest BCUT2D eigenvalue weighted by molar-refractivity contribution is 7.92. The van der Waals surface area contributed by atoms with Crippen molar-refractivity contribution in [1.82, 2.24) is 14.5 Å². The maximum atomic E-state index is 14.9. The Morgan fingerprint density at radius 2 is 1.77 bits per heavy atom. The fourth-order valence-corrected chi connectivity index (χ4v) is 8.02. The van der Waals surface area contributed by atoms with Gasteiger partial charge in [-0.2, -0.15) is 0 Å². The molecule has 1 fully saturated rings. The molecule has 43 heavy (non-hydrogen) atoms. The number of hydrogen-bond donors (Lipinski definition) is 1. The van der Waals surface area contributed by atoms with Crippen molar-refractivity contribution < 1.29 is 12.8 Å². The number of fused-ring (bicyclic) bond motifs is 1. The van der Waals surface area contributed by atoms with Gasteiger partial charge in [0.15, 0.2) is 0 Å². The zero-order valence-corrected chi connectivity index (χ0v) is 26.0. The molecule has 4 aromatic rings. The maximum absolute atomic E-state index is 14.9. The average Bonchev–Trinajstić information content (AvgIpc) is 3.61. The van der Waals surface area contributed by atoms with E-state index < -0.39 is 15.8 Å². The molecule has 1 N–H and O–H groups in total. The second kappa shape index (κ2) is 12.6. The van der Waals surface area contributed by atoms with Crippen molar-refractivity contribution in [3.63, 3.8) is 0 Å². The Hall–Kier alpha value is -3.49. The molecule has 0 bridgehead atoms. The van der Waals surface area contributed by atoms with Crippen LogP contribution in [0.5, 0.6) is 0 Å². The lowest BCUT2D eigenvalue weighted by Crippen LogP contribution is -2.30. The van der Waals surface area contributed by atoms with E-state index >= 15 is 0 Å². The van der Waals surface area contributed by atoms with Crippen LogP contribution in [0, 0.1) is 25.6 Å². The number of rotatable bonds is 10. The Bertz CT molecular complexity index is 1690. The van der Waals surface area contributed by atoms with E-state index in [2.05, 4.69) is 39.1 Å². The van der Waals surface area contributed by atoms with E-state index in [1.807, 2.05) is 36.7 Å². The maximum Gasteiger partial charge on any atom is 0.261 e. The largest absolute Gasteiger partial charge is 0.318 e. The van der Waals surface area contributed by atoms with Crippen molar-refractivity contribution in [1.29, 1.82) is 0 Å². The third-order valence-corrected chi connectivity index (χ3v) is 10.6. The first-order chi connectivity index (χ1) is 20.8. The summed E-state index contributed by atoms with van der Waals surface area (Å²) >= 11 is 0. The quantitative estimate of drug-likeness (QED) is 0.205. The molecule has 2 aliphatic rings. The molecule has 2 aromatic carbocycles. The minimum Gasteiger partial charge on any atom is -0.318 e. The first kappa shape index (κ1) is 29.6. The summed E-state index contributed by atoms with van der Waals surface area (Å²) < 4.78 is 46.2. The third-order valence-electron chi connectivity index (χ3n) is 9.26. The van der Waals surface area contributed by atoms with E-state index in [9.17, 15) is 12.8 Å². The van der Waals surface area contributed by atoms with Crippen molar-refractivity contribution in [2.24, 2.45) is 5.92 Å². The van der Waals surface area contributed by atoms with Gasteiger partial charge in [-0.1, -0.05) is 44.2 Å². The van der Waals surface area contributed by atoms with E-state index in [0.717, 1.165) is 67.2 Å². The lowest BCUT2D eigenvalue weighted by Gasteiger charge is -2.29. The van der Waals surface area contributed by atoms with E-state index in [1.54, 1.807) is 18.2 Å². The molecule has 1 aliphatic carbocycles. The van der Waals surface area contributed by atoms with Gasteiger partial charge >= 0.3 is 0 Å². The molecule has 6 nitrogen and oxygen atoms in total. The third kappa shape index (κ3) is 6.70. The van der Waals surface area contributed by atoms with Crippen LogP contribution in [0.3, 0.4) is 0 Å². The number of aromatic nitrogens is 2. The van der Waals surface area contributed by atoms with Gasteiger partial charge in [-0.15, -0.1) is 0 Å². The van der Waals surface area contributed by atoms with E-state index in [4.69, 9.17) is 0 Å². The standard InChI is InChI=1S/C35H41FN4O2S/c1-25-20-31(26(2)40(25)32-14-17-37-18-15-32)24-39-19-16-29-22-33(12-11-30(29)23-39)43(41,42)38-35-13-10-28(21-34(35)36)9-5-8-27-6-3-4-7-27/h10-15,17-18,20-22,27,38H,3-9,16,19,23-24H2,1-2H3. The van der Waals surface area contributed by atoms with Gasteiger partial charge in [0.05, 0.1) is 10.6 Å². The summed E-state index contributed by atoms with van der Waals surface area (Å²) in [6, 6.07) is 16.4. The zero-order chi connectivity index (χ0) is 30.0. The van der Waals surface area contributed by atoms with Crippen molar-refractivity contribution in [3.05, 3.63) is 106 Å². The average molecular weight is 601 g/mol. The highest BCUT2D eigenvalue weighted by Crippen LogP contribution is 2.30. The molecule has 0 spiro atoms. The van der Waals surface area contributed by atoms with E-state index in [0.29, 0.717) is 0 Å². The number of halogens is 1. The van der Waals surface area contributed by atoms with Crippen molar-refractivity contribution in [2.75, 3.05) is 11.3 Å². The summed E-state index contributed by atoms with van der Waals surface area (Å²) in [6.07, 6.45) is 12.7. The number of pyridine rings is 1. The van der Waals surface area contributed by atoms with Gasteiger partial charge in [0, 0.05) is 49.1 Å². The van der Waals surface area contributed by atoms with Gasteiger partial charge in [0.1, 0.15) is 5.82 Å². The molecule has 0 amide bonds. The molecule has 1 saturated carbocycles. The van der Waals surface area contributed by atoms with Crippen LogP contribution >= 0.6 is 0 Å². The van der Waals surface area contributed by atoms with E-state index in [-0.39, 0.29) is 10.6 Å². The molecule has 1 aliphatic heterocycles. The first-order valence-electron chi connectivity index (χ1n) is 15.5. The minimum atomic E-state index is -3.92. The molecule has 0 unspecified atom stereocenters. The number of aryl methyl sites for hydroxylation is 2. The van der Waals surface area contributed by atoms with Crippen LogP contribution in [0.2, 0.25) is 0 Å². The highest BCUT2D eigenvalue weighted by atomic mass is 32.2. The minimum absolute atomic E-state index is 0.00666. The molecule has 226 valence electrons. The van der Waals surface area contributed by atoms with Gasteiger partial charge in [0.2, 0.25) is 0 Å². The molecule has 0 atom stereocenters. The predicted molar refractivity (Wildman–Crippen MR) is 169 cm³/mol. The second-order valence-corrected chi connectivity index (χ2v) is 14.0. The number of sulfonamides is 1. The summed E-state index contributed by atoms with van der Waals surface area (Å²) in [4.78, 5) is 6.71. The van der Waals surface area contributed by atoms with Gasteiger partial charge < -0.3 is 4.57 Å². The van der Waals surface area contributed by atoms with Crippen LogP contribution in [0.4, 0.5) is 10.1 Å². The highest BCUT2D eigenvalue weighted by Gasteiger charge is 2.23. The topological polar surface area (TPSA) is 67.2 Å².